The van der Waals surface area contributed by atoms with Crippen molar-refractivity contribution in [2.45, 2.75) is 32.2 Å². The molecular weight excluding hydrogens is 440 g/mol. The van der Waals surface area contributed by atoms with Crippen molar-refractivity contribution in [1.29, 1.82) is 0 Å². The second kappa shape index (κ2) is 9.15. The van der Waals surface area contributed by atoms with Crippen LogP contribution in [0.5, 0.6) is 11.5 Å². The smallest absolute Gasteiger partial charge is 0.261 e. The molecule has 172 valence electrons. The molecule has 0 saturated heterocycles. The van der Waals surface area contributed by atoms with Crippen molar-refractivity contribution in [3.05, 3.63) is 82.9 Å². The molecule has 1 aliphatic rings. The quantitative estimate of drug-likeness (QED) is 0.554. The van der Waals surface area contributed by atoms with Gasteiger partial charge in [-0.3, -0.25) is 9.52 Å². The van der Waals surface area contributed by atoms with Gasteiger partial charge in [-0.2, -0.15) is 0 Å². The van der Waals surface area contributed by atoms with Crippen LogP contribution >= 0.6 is 0 Å². The average Bonchev–Trinajstić information content (AvgIpc) is 3.27. The van der Waals surface area contributed by atoms with E-state index < -0.39 is 10.0 Å². The minimum absolute atomic E-state index is 0.140. The predicted molar refractivity (Wildman–Crippen MR) is 126 cm³/mol. The van der Waals surface area contributed by atoms with Crippen LogP contribution in [-0.4, -0.2) is 32.6 Å². The maximum atomic E-state index is 13.0. The van der Waals surface area contributed by atoms with Crippen molar-refractivity contribution in [2.75, 3.05) is 18.1 Å². The molecule has 0 unspecified atom stereocenters. The first-order chi connectivity index (χ1) is 15.8. The lowest BCUT2D eigenvalue weighted by Crippen LogP contribution is -2.30. The normalized spacial score (nSPS) is 12.5. The molecule has 1 heterocycles. The van der Waals surface area contributed by atoms with Crippen LogP contribution in [0.1, 0.15) is 34.0 Å². The third kappa shape index (κ3) is 4.96. The summed E-state index contributed by atoms with van der Waals surface area (Å²) in [5.74, 6) is 1.24. The van der Waals surface area contributed by atoms with Gasteiger partial charge < -0.3 is 14.4 Å². The summed E-state index contributed by atoms with van der Waals surface area (Å²) >= 11 is 0. The maximum Gasteiger partial charge on any atom is 0.261 e. The van der Waals surface area contributed by atoms with Gasteiger partial charge >= 0.3 is 0 Å². The minimum Gasteiger partial charge on any atom is -0.454 e. The molecule has 7 nitrogen and oxygen atoms in total. The van der Waals surface area contributed by atoms with Crippen molar-refractivity contribution in [3.8, 4) is 11.5 Å². The first-order valence-corrected chi connectivity index (χ1v) is 12.1. The van der Waals surface area contributed by atoms with Gasteiger partial charge in [-0.25, -0.2) is 8.42 Å². The van der Waals surface area contributed by atoms with Crippen molar-refractivity contribution >= 4 is 21.6 Å². The van der Waals surface area contributed by atoms with E-state index in [4.69, 9.17) is 9.47 Å². The largest absolute Gasteiger partial charge is 0.454 e. The third-order valence-electron chi connectivity index (χ3n) is 5.65. The number of sulfonamides is 1. The summed E-state index contributed by atoms with van der Waals surface area (Å²) in [6.07, 6.45) is 0. The molecule has 1 aliphatic heterocycles. The van der Waals surface area contributed by atoms with Crippen LogP contribution in [0.15, 0.2) is 65.6 Å². The lowest BCUT2D eigenvalue weighted by atomic mass is 10.1. The molecule has 0 spiro atoms. The highest BCUT2D eigenvalue weighted by Crippen LogP contribution is 2.33. The van der Waals surface area contributed by atoms with Gasteiger partial charge in [0.2, 0.25) is 6.79 Å². The number of rotatable bonds is 7. The van der Waals surface area contributed by atoms with Gasteiger partial charge in [0.05, 0.1) is 4.90 Å². The number of nitrogens with zero attached hydrogens (tertiary/aromatic N) is 1. The van der Waals surface area contributed by atoms with E-state index in [-0.39, 0.29) is 17.6 Å². The summed E-state index contributed by atoms with van der Waals surface area (Å²) in [4.78, 5) is 14.9. The number of carbonyl (C=O) groups excluding carboxylic acids is 1. The Labute approximate surface area is 194 Å². The topological polar surface area (TPSA) is 84.9 Å². The van der Waals surface area contributed by atoms with E-state index in [1.165, 1.54) is 0 Å². The first kappa shape index (κ1) is 22.7. The number of carbonyl (C=O) groups is 1. The van der Waals surface area contributed by atoms with Crippen LogP contribution in [0.25, 0.3) is 0 Å². The van der Waals surface area contributed by atoms with E-state index in [0.29, 0.717) is 35.8 Å². The summed E-state index contributed by atoms with van der Waals surface area (Å²) < 4.78 is 38.8. The first-order valence-electron chi connectivity index (χ1n) is 10.6. The van der Waals surface area contributed by atoms with Crippen molar-refractivity contribution in [1.82, 2.24) is 4.90 Å². The van der Waals surface area contributed by atoms with Gasteiger partial charge in [-0.05, 0) is 86.0 Å². The maximum absolute atomic E-state index is 13.0. The fraction of sp³-hybridized carbons (Fsp3) is 0.240. The van der Waals surface area contributed by atoms with Crippen LogP contribution < -0.4 is 14.2 Å². The van der Waals surface area contributed by atoms with E-state index in [1.54, 1.807) is 47.4 Å². The second-order valence-corrected chi connectivity index (χ2v) is 9.62. The van der Waals surface area contributed by atoms with Crippen LogP contribution in [0.2, 0.25) is 0 Å². The molecule has 1 amide bonds. The summed E-state index contributed by atoms with van der Waals surface area (Å²) in [5, 5.41) is 0. The van der Waals surface area contributed by atoms with Crippen molar-refractivity contribution in [3.63, 3.8) is 0 Å². The number of hydrogen-bond donors (Lipinski definition) is 1. The highest BCUT2D eigenvalue weighted by Gasteiger charge is 2.19. The van der Waals surface area contributed by atoms with Crippen LogP contribution in [0.4, 0.5) is 5.69 Å². The molecule has 33 heavy (non-hydrogen) atoms. The monoisotopic (exact) mass is 466 g/mol. The number of ether oxygens (including phenoxy) is 2. The summed E-state index contributed by atoms with van der Waals surface area (Å²) in [5.41, 5.74) is 3.74. The fourth-order valence-electron chi connectivity index (χ4n) is 3.55. The number of anilines is 1. The van der Waals surface area contributed by atoms with E-state index in [1.807, 2.05) is 39.0 Å². The number of fused-ring (bicyclic) bond motifs is 1. The number of aryl methyl sites for hydroxylation is 2. The summed E-state index contributed by atoms with van der Waals surface area (Å²) in [6.45, 7) is 6.87. The molecule has 0 aromatic heterocycles. The van der Waals surface area contributed by atoms with Gasteiger partial charge in [0.25, 0.3) is 15.9 Å². The molecule has 0 saturated carbocycles. The highest BCUT2D eigenvalue weighted by molar-refractivity contribution is 7.92. The summed E-state index contributed by atoms with van der Waals surface area (Å²) in [7, 11) is -3.72. The van der Waals surface area contributed by atoms with Crippen LogP contribution in [-0.2, 0) is 16.6 Å². The molecule has 0 fully saturated rings. The molecule has 3 aromatic rings. The molecule has 0 radical (unpaired) electrons. The van der Waals surface area contributed by atoms with Gasteiger partial charge in [-0.1, -0.05) is 12.1 Å². The molecule has 0 aliphatic carbocycles. The molecule has 8 heteroatoms. The lowest BCUT2D eigenvalue weighted by Gasteiger charge is -2.21. The molecular formula is C25H26N2O5S. The predicted octanol–water partition coefficient (Wildman–Crippen LogP) is 4.50. The Balaban J connectivity index is 1.46. The van der Waals surface area contributed by atoms with Gasteiger partial charge in [0.1, 0.15) is 0 Å². The Bertz CT molecular complexity index is 1290. The molecule has 4 rings (SSSR count). The van der Waals surface area contributed by atoms with Gasteiger partial charge in [-0.15, -0.1) is 0 Å². The minimum atomic E-state index is -3.72. The molecule has 3 aromatic carbocycles. The zero-order valence-electron chi connectivity index (χ0n) is 18.8. The van der Waals surface area contributed by atoms with Crippen LogP contribution in [0, 0.1) is 13.8 Å². The zero-order valence-corrected chi connectivity index (χ0v) is 19.6. The lowest BCUT2D eigenvalue weighted by molar-refractivity contribution is 0.0752. The SMILES string of the molecule is CCN(Cc1ccc2c(c1)OCO2)C(=O)c1ccc(NS(=O)(=O)c2ccc(C)c(C)c2)cc1. The second-order valence-electron chi connectivity index (χ2n) is 7.94. The molecule has 1 N–H and O–H groups in total. The van der Waals surface area contributed by atoms with Gasteiger partial charge in [0, 0.05) is 24.3 Å². The fourth-order valence-corrected chi connectivity index (χ4v) is 4.69. The van der Waals surface area contributed by atoms with E-state index in [2.05, 4.69) is 4.72 Å². The summed E-state index contributed by atoms with van der Waals surface area (Å²) in [6, 6.07) is 17.1. The van der Waals surface area contributed by atoms with E-state index in [9.17, 15) is 13.2 Å². The Morgan fingerprint density at radius 1 is 0.939 bits per heavy atom. The zero-order chi connectivity index (χ0) is 23.6. The number of amides is 1. The van der Waals surface area contributed by atoms with Crippen LogP contribution in [0.3, 0.4) is 0 Å². The van der Waals surface area contributed by atoms with Crippen molar-refractivity contribution < 1.29 is 22.7 Å². The number of nitrogens with one attached hydrogen (secondary N) is 1. The number of hydrogen-bond acceptors (Lipinski definition) is 5. The third-order valence-corrected chi connectivity index (χ3v) is 7.03. The molecule has 0 atom stereocenters. The highest BCUT2D eigenvalue weighted by atomic mass is 32.2. The Hall–Kier alpha value is -3.52. The number of benzene rings is 3. The Morgan fingerprint density at radius 3 is 2.36 bits per heavy atom. The van der Waals surface area contributed by atoms with E-state index in [0.717, 1.165) is 16.7 Å². The Kier molecular flexibility index (Phi) is 6.29. The molecule has 0 bridgehead atoms. The van der Waals surface area contributed by atoms with Crippen molar-refractivity contribution in [2.24, 2.45) is 0 Å². The standard InChI is InChI=1S/C25H26N2O5S/c1-4-27(15-19-6-12-23-24(14-19)32-16-31-23)25(28)20-7-9-21(10-8-20)26-33(29,30)22-11-5-17(2)18(3)13-22/h5-14,26H,4,15-16H2,1-3H3. The van der Waals surface area contributed by atoms with E-state index >= 15 is 0 Å². The van der Waals surface area contributed by atoms with Gasteiger partial charge in [0.15, 0.2) is 11.5 Å². The Morgan fingerprint density at radius 2 is 1.67 bits per heavy atom. The average molecular weight is 467 g/mol.